The molecule has 0 aromatic carbocycles. The third-order valence-electron chi connectivity index (χ3n) is 1.20. The zero-order chi connectivity index (χ0) is 7.78. The van der Waals surface area contributed by atoms with E-state index in [-0.39, 0.29) is 5.41 Å². The van der Waals surface area contributed by atoms with E-state index in [0.29, 0.717) is 12.6 Å². The molecule has 0 aliphatic carbocycles. The molecule has 4 heteroatoms. The summed E-state index contributed by atoms with van der Waals surface area (Å²) in [6, 6.07) is 0. The van der Waals surface area contributed by atoms with Gasteiger partial charge in [-0.15, -0.1) is 0 Å². The summed E-state index contributed by atoms with van der Waals surface area (Å²) in [6.45, 7) is 6.54. The molecule has 0 atom stereocenters. The highest BCUT2D eigenvalue weighted by Gasteiger charge is 2.26. The fraction of sp³-hybridized carbons (Fsp3) is 0.833. The molecule has 0 bridgehead atoms. The van der Waals surface area contributed by atoms with Crippen LogP contribution in [0.25, 0.3) is 0 Å². The standard InChI is InChI=1S/C6H13N3O/c1-6(2,3)5-8-4-9(7)10-5/h4,7H2,1-3H3. The predicted molar refractivity (Wildman–Crippen MR) is 38.9 cm³/mol. The van der Waals surface area contributed by atoms with Crippen LogP contribution in [0.5, 0.6) is 0 Å². The van der Waals surface area contributed by atoms with E-state index in [1.807, 2.05) is 20.8 Å². The molecule has 1 rings (SSSR count). The molecule has 58 valence electrons. The van der Waals surface area contributed by atoms with Gasteiger partial charge in [0.25, 0.3) is 0 Å². The average molecular weight is 143 g/mol. The second-order valence-electron chi connectivity index (χ2n) is 3.36. The largest absolute Gasteiger partial charge is 0.374 e. The Morgan fingerprint density at radius 1 is 1.60 bits per heavy atom. The van der Waals surface area contributed by atoms with Gasteiger partial charge in [0.1, 0.15) is 6.67 Å². The van der Waals surface area contributed by atoms with E-state index < -0.39 is 0 Å². The third kappa shape index (κ3) is 1.46. The van der Waals surface area contributed by atoms with Crippen molar-refractivity contribution in [1.29, 1.82) is 0 Å². The van der Waals surface area contributed by atoms with Crippen LogP contribution < -0.4 is 5.84 Å². The molecule has 10 heavy (non-hydrogen) atoms. The van der Waals surface area contributed by atoms with Crippen LogP contribution in [0.3, 0.4) is 0 Å². The molecule has 1 aliphatic heterocycles. The number of aliphatic imine (C=N–C) groups is 1. The number of hydrogen-bond donors (Lipinski definition) is 1. The number of rotatable bonds is 0. The van der Waals surface area contributed by atoms with Gasteiger partial charge in [-0.2, -0.15) is 0 Å². The van der Waals surface area contributed by atoms with Crippen molar-refractivity contribution >= 4 is 5.90 Å². The number of nitrogens with zero attached hydrogens (tertiary/aromatic N) is 2. The summed E-state index contributed by atoms with van der Waals surface area (Å²) >= 11 is 0. The zero-order valence-electron chi connectivity index (χ0n) is 6.59. The first-order chi connectivity index (χ1) is 4.50. The van der Waals surface area contributed by atoms with Crippen LogP contribution in [0.15, 0.2) is 4.99 Å². The molecule has 0 fully saturated rings. The van der Waals surface area contributed by atoms with E-state index in [9.17, 15) is 0 Å². The van der Waals surface area contributed by atoms with Crippen molar-refractivity contribution in [1.82, 2.24) is 5.17 Å². The number of hydrazine groups is 1. The number of hydrogen-bond acceptors (Lipinski definition) is 4. The molecule has 0 amide bonds. The van der Waals surface area contributed by atoms with Crippen molar-refractivity contribution in [3.63, 3.8) is 0 Å². The fourth-order valence-electron chi connectivity index (χ4n) is 0.677. The molecule has 2 N–H and O–H groups in total. The van der Waals surface area contributed by atoms with Gasteiger partial charge in [-0.05, 0) is 0 Å². The van der Waals surface area contributed by atoms with Crippen LogP contribution >= 0.6 is 0 Å². The molecule has 0 radical (unpaired) electrons. The van der Waals surface area contributed by atoms with Crippen molar-refractivity contribution in [2.75, 3.05) is 6.67 Å². The smallest absolute Gasteiger partial charge is 0.218 e. The lowest BCUT2D eigenvalue weighted by Crippen LogP contribution is -2.31. The van der Waals surface area contributed by atoms with Gasteiger partial charge in [-0.3, -0.25) is 0 Å². The Labute approximate surface area is 60.6 Å². The fourth-order valence-corrected chi connectivity index (χ4v) is 0.677. The Kier molecular flexibility index (Phi) is 1.66. The summed E-state index contributed by atoms with van der Waals surface area (Å²) in [5.41, 5.74) is -0.0336. The molecular formula is C6H13N3O. The molecule has 0 saturated carbocycles. The predicted octanol–water partition coefficient (Wildman–Crippen LogP) is 0.509. The topological polar surface area (TPSA) is 50.8 Å². The van der Waals surface area contributed by atoms with Crippen LogP contribution in [0.4, 0.5) is 0 Å². The minimum Gasteiger partial charge on any atom is -0.374 e. The minimum absolute atomic E-state index is 0.0336. The molecule has 1 heterocycles. The Bertz CT molecular complexity index is 159. The van der Waals surface area contributed by atoms with Gasteiger partial charge in [0, 0.05) is 5.41 Å². The van der Waals surface area contributed by atoms with E-state index in [1.165, 1.54) is 5.17 Å². The minimum atomic E-state index is -0.0336. The lowest BCUT2D eigenvalue weighted by atomic mass is 9.97. The van der Waals surface area contributed by atoms with Gasteiger partial charge in [0.15, 0.2) is 0 Å². The molecule has 0 aromatic heterocycles. The summed E-state index contributed by atoms with van der Waals surface area (Å²) in [6.07, 6.45) is 0. The van der Waals surface area contributed by atoms with Crippen LogP contribution in [0, 0.1) is 5.41 Å². The van der Waals surface area contributed by atoms with Gasteiger partial charge >= 0.3 is 0 Å². The summed E-state index contributed by atoms with van der Waals surface area (Å²) in [4.78, 5) is 9.17. The Morgan fingerprint density at radius 2 is 2.20 bits per heavy atom. The van der Waals surface area contributed by atoms with Crippen molar-refractivity contribution in [2.45, 2.75) is 20.8 Å². The molecule has 0 spiro atoms. The van der Waals surface area contributed by atoms with Crippen molar-refractivity contribution in [2.24, 2.45) is 16.3 Å². The highest BCUT2D eigenvalue weighted by molar-refractivity contribution is 5.81. The van der Waals surface area contributed by atoms with E-state index >= 15 is 0 Å². The summed E-state index contributed by atoms with van der Waals surface area (Å²) in [5.74, 6) is 6.02. The molecule has 4 nitrogen and oxygen atoms in total. The number of hydroxylamine groups is 1. The first-order valence-corrected chi connectivity index (χ1v) is 3.25. The summed E-state index contributed by atoms with van der Waals surface area (Å²) in [5, 5.41) is 1.22. The van der Waals surface area contributed by atoms with E-state index in [2.05, 4.69) is 4.99 Å². The molecule has 1 aliphatic rings. The highest BCUT2D eigenvalue weighted by atomic mass is 16.7. The Morgan fingerprint density at radius 3 is 2.40 bits per heavy atom. The molecule has 0 aromatic rings. The van der Waals surface area contributed by atoms with Crippen LogP contribution in [-0.4, -0.2) is 17.7 Å². The second-order valence-corrected chi connectivity index (χ2v) is 3.36. The van der Waals surface area contributed by atoms with Gasteiger partial charge in [-0.25, -0.2) is 10.8 Å². The van der Waals surface area contributed by atoms with Gasteiger partial charge in [0.05, 0.1) is 0 Å². The maximum absolute atomic E-state index is 5.32. The summed E-state index contributed by atoms with van der Waals surface area (Å²) in [7, 11) is 0. The first-order valence-electron chi connectivity index (χ1n) is 3.25. The lowest BCUT2D eigenvalue weighted by molar-refractivity contribution is -0.0584. The second kappa shape index (κ2) is 2.21. The number of nitrogens with two attached hydrogens (primary N) is 1. The Balaban J connectivity index is 2.60. The quantitative estimate of drug-likeness (QED) is 0.503. The van der Waals surface area contributed by atoms with Crippen LogP contribution in [0.2, 0.25) is 0 Å². The molecule has 0 unspecified atom stereocenters. The first kappa shape index (κ1) is 7.50. The maximum atomic E-state index is 5.32. The van der Waals surface area contributed by atoms with Crippen molar-refractivity contribution in [3.8, 4) is 0 Å². The van der Waals surface area contributed by atoms with Crippen LogP contribution in [0.1, 0.15) is 20.8 Å². The normalized spacial score (nSPS) is 20.6. The van der Waals surface area contributed by atoms with E-state index in [1.54, 1.807) is 0 Å². The van der Waals surface area contributed by atoms with E-state index in [4.69, 9.17) is 10.7 Å². The highest BCUT2D eigenvalue weighted by Crippen LogP contribution is 2.19. The molecule has 0 saturated heterocycles. The van der Waals surface area contributed by atoms with Gasteiger partial charge in [0.2, 0.25) is 5.90 Å². The maximum Gasteiger partial charge on any atom is 0.218 e. The van der Waals surface area contributed by atoms with Crippen molar-refractivity contribution in [3.05, 3.63) is 0 Å². The Hall–Kier alpha value is -0.610. The van der Waals surface area contributed by atoms with Gasteiger partial charge in [-0.1, -0.05) is 25.9 Å². The average Bonchev–Trinajstić information content (AvgIpc) is 2.11. The monoisotopic (exact) mass is 143 g/mol. The van der Waals surface area contributed by atoms with Crippen LogP contribution in [-0.2, 0) is 4.84 Å². The van der Waals surface area contributed by atoms with Crippen molar-refractivity contribution < 1.29 is 4.84 Å². The third-order valence-corrected chi connectivity index (χ3v) is 1.20. The zero-order valence-corrected chi connectivity index (χ0v) is 6.59. The lowest BCUT2D eigenvalue weighted by Gasteiger charge is -2.17. The van der Waals surface area contributed by atoms with E-state index in [0.717, 1.165) is 0 Å². The van der Waals surface area contributed by atoms with Gasteiger partial charge < -0.3 is 4.84 Å². The molecular weight excluding hydrogens is 130 g/mol. The SMILES string of the molecule is CC(C)(C)C1=NCN(N)O1. The summed E-state index contributed by atoms with van der Waals surface area (Å²) < 4.78 is 0.